The number of carbonyl (C=O) groups is 1. The summed E-state index contributed by atoms with van der Waals surface area (Å²) in [6.07, 6.45) is 8.78. The first-order chi connectivity index (χ1) is 18.8. The van der Waals surface area contributed by atoms with Gasteiger partial charge in [-0.25, -0.2) is 17.8 Å². The molecule has 1 aliphatic carbocycles. The number of hydrogen-bond donors (Lipinski definition) is 1. The molecule has 1 aliphatic heterocycles. The zero-order valence-corrected chi connectivity index (χ0v) is 23.1. The maximum absolute atomic E-state index is 13.4. The molecule has 1 aromatic carbocycles. The van der Waals surface area contributed by atoms with Gasteiger partial charge in [0, 0.05) is 49.1 Å². The summed E-state index contributed by atoms with van der Waals surface area (Å²) in [6, 6.07) is 9.77. The molecule has 1 amide bonds. The minimum absolute atomic E-state index is 0.0143. The summed E-state index contributed by atoms with van der Waals surface area (Å²) in [4.78, 5) is 23.9. The number of nitrogens with zero attached hydrogens (tertiary/aromatic N) is 4. The van der Waals surface area contributed by atoms with E-state index in [0.29, 0.717) is 50.7 Å². The van der Waals surface area contributed by atoms with Crippen LogP contribution < -0.4 is 10.1 Å². The number of ether oxygens (including phenoxy) is 1. The average Bonchev–Trinajstić information content (AvgIpc) is 3.36. The van der Waals surface area contributed by atoms with E-state index in [1.54, 1.807) is 6.20 Å². The molecule has 0 unspecified atom stereocenters. The van der Waals surface area contributed by atoms with Crippen LogP contribution >= 0.6 is 0 Å². The third-order valence-corrected chi connectivity index (χ3v) is 8.67. The van der Waals surface area contributed by atoms with Crippen LogP contribution in [0.5, 0.6) is 5.75 Å². The van der Waals surface area contributed by atoms with Crippen molar-refractivity contribution in [3.63, 3.8) is 0 Å². The Bertz CT molecular complexity index is 1400. The fourth-order valence-electron chi connectivity index (χ4n) is 5.51. The van der Waals surface area contributed by atoms with Gasteiger partial charge in [-0.1, -0.05) is 6.07 Å². The normalized spacial score (nSPS) is 20.7. The van der Waals surface area contributed by atoms with Gasteiger partial charge < -0.3 is 19.5 Å². The molecule has 9 nitrogen and oxygen atoms in total. The number of carbonyl (C=O) groups excluding carboxylic acids is 1. The lowest BCUT2D eigenvalue weighted by Crippen LogP contribution is -2.43. The fourth-order valence-corrected chi connectivity index (χ4v) is 6.16. The minimum Gasteiger partial charge on any atom is -0.493 e. The first-order valence-electron chi connectivity index (χ1n) is 13.7. The maximum atomic E-state index is 13.4. The quantitative estimate of drug-likeness (QED) is 0.394. The van der Waals surface area contributed by atoms with Gasteiger partial charge in [0.1, 0.15) is 27.6 Å². The van der Waals surface area contributed by atoms with E-state index >= 15 is 0 Å². The first-order valence-corrected chi connectivity index (χ1v) is 15.8. The van der Waals surface area contributed by atoms with Crippen LogP contribution in [0.2, 0.25) is 0 Å². The molecule has 2 fully saturated rings. The van der Waals surface area contributed by atoms with Crippen LogP contribution in [0, 0.1) is 5.92 Å². The van der Waals surface area contributed by atoms with E-state index in [0.717, 1.165) is 42.4 Å². The standard InChI is InChI=1S/C28H36FN5O4S/c1-39(36,37)19-3-18-38-25-5-2-4-24-23(25)13-17-34(24)26-10-14-30-28(32-26)31-22-8-6-20(7-9-22)27(35)33-15-11-21(29)12-16-33/h2,4-5,10,13-14,17,20-22H,3,6-9,11-12,15-16,18-19H2,1H3,(H,30,31,32). The van der Waals surface area contributed by atoms with Crippen molar-refractivity contribution in [3.8, 4) is 11.6 Å². The summed E-state index contributed by atoms with van der Waals surface area (Å²) in [6.45, 7) is 1.39. The van der Waals surface area contributed by atoms with Crippen molar-refractivity contribution in [2.24, 2.45) is 5.92 Å². The van der Waals surface area contributed by atoms with Crippen LogP contribution in [0.3, 0.4) is 0 Å². The maximum Gasteiger partial charge on any atom is 0.225 e. The van der Waals surface area contributed by atoms with Crippen molar-refractivity contribution < 1.29 is 22.3 Å². The van der Waals surface area contributed by atoms with Crippen molar-refractivity contribution in [2.75, 3.05) is 37.0 Å². The largest absolute Gasteiger partial charge is 0.493 e. The molecule has 39 heavy (non-hydrogen) atoms. The number of benzene rings is 1. The number of anilines is 1. The third kappa shape index (κ3) is 6.87. The van der Waals surface area contributed by atoms with Gasteiger partial charge in [0.25, 0.3) is 0 Å². The van der Waals surface area contributed by atoms with E-state index in [-0.39, 0.29) is 23.6 Å². The highest BCUT2D eigenvalue weighted by atomic mass is 32.2. The Labute approximate surface area is 228 Å². The fraction of sp³-hybridized carbons (Fsp3) is 0.536. The molecular weight excluding hydrogens is 521 g/mol. The number of amides is 1. The second kappa shape index (κ2) is 11.9. The molecule has 0 bridgehead atoms. The van der Waals surface area contributed by atoms with E-state index in [4.69, 9.17) is 9.72 Å². The number of rotatable bonds is 9. The Balaban J connectivity index is 1.19. The van der Waals surface area contributed by atoms with Gasteiger partial charge in [0.2, 0.25) is 11.9 Å². The summed E-state index contributed by atoms with van der Waals surface area (Å²) < 4.78 is 44.1. The summed E-state index contributed by atoms with van der Waals surface area (Å²) in [5, 5.41) is 4.37. The lowest BCUT2D eigenvalue weighted by atomic mass is 9.85. The van der Waals surface area contributed by atoms with E-state index in [2.05, 4.69) is 10.3 Å². The zero-order valence-electron chi connectivity index (χ0n) is 22.3. The first kappa shape index (κ1) is 27.4. The zero-order chi connectivity index (χ0) is 27.4. The van der Waals surface area contributed by atoms with E-state index in [1.807, 2.05) is 46.0 Å². The number of alkyl halides is 1. The van der Waals surface area contributed by atoms with Crippen LogP contribution in [0.25, 0.3) is 16.7 Å². The Morgan fingerprint density at radius 2 is 1.87 bits per heavy atom. The predicted octanol–water partition coefficient (Wildman–Crippen LogP) is 4.17. The van der Waals surface area contributed by atoms with Gasteiger partial charge in [-0.3, -0.25) is 4.79 Å². The number of nitrogens with one attached hydrogen (secondary N) is 1. The molecule has 0 atom stereocenters. The summed E-state index contributed by atoms with van der Waals surface area (Å²) in [5.41, 5.74) is 0.927. The molecule has 2 aliphatic rings. The average molecular weight is 558 g/mol. The Hall–Kier alpha value is -3.21. The Morgan fingerprint density at radius 3 is 2.62 bits per heavy atom. The molecular formula is C28H36FN5O4S. The highest BCUT2D eigenvalue weighted by Gasteiger charge is 2.31. The lowest BCUT2D eigenvalue weighted by Gasteiger charge is -2.35. The van der Waals surface area contributed by atoms with Gasteiger partial charge in [0.15, 0.2) is 0 Å². The lowest BCUT2D eigenvalue weighted by molar-refractivity contribution is -0.138. The van der Waals surface area contributed by atoms with E-state index in [1.165, 1.54) is 6.26 Å². The molecule has 0 spiro atoms. The van der Waals surface area contributed by atoms with Crippen LogP contribution in [-0.4, -0.2) is 77.7 Å². The Morgan fingerprint density at radius 1 is 1.10 bits per heavy atom. The van der Waals surface area contributed by atoms with Gasteiger partial charge in [-0.2, -0.15) is 4.98 Å². The second-order valence-corrected chi connectivity index (χ2v) is 12.9. The highest BCUT2D eigenvalue weighted by Crippen LogP contribution is 2.30. The topological polar surface area (TPSA) is 106 Å². The smallest absolute Gasteiger partial charge is 0.225 e. The van der Waals surface area contributed by atoms with Gasteiger partial charge in [-0.15, -0.1) is 0 Å². The molecule has 1 saturated carbocycles. The number of fused-ring (bicyclic) bond motifs is 1. The Kier molecular flexibility index (Phi) is 8.34. The number of aromatic nitrogens is 3. The van der Waals surface area contributed by atoms with Crippen molar-refractivity contribution in [3.05, 3.63) is 42.7 Å². The predicted molar refractivity (Wildman–Crippen MR) is 149 cm³/mol. The molecule has 210 valence electrons. The van der Waals surface area contributed by atoms with Crippen molar-refractivity contribution in [1.82, 2.24) is 19.4 Å². The van der Waals surface area contributed by atoms with E-state index < -0.39 is 16.0 Å². The summed E-state index contributed by atoms with van der Waals surface area (Å²) in [7, 11) is -3.01. The SMILES string of the molecule is CS(=O)(=O)CCCOc1cccc2c1ccn2-c1ccnc(NC2CCC(C(=O)N3CCC(F)CC3)CC2)n1. The third-order valence-electron chi connectivity index (χ3n) is 7.64. The number of likely N-dealkylation sites (tertiary alicyclic amines) is 1. The van der Waals surface area contributed by atoms with Crippen LogP contribution in [0.15, 0.2) is 42.7 Å². The molecule has 0 radical (unpaired) electrons. The molecule has 5 rings (SSSR count). The van der Waals surface area contributed by atoms with Crippen LogP contribution in [0.4, 0.5) is 10.3 Å². The van der Waals surface area contributed by atoms with E-state index in [9.17, 15) is 17.6 Å². The molecule has 1 N–H and O–H groups in total. The number of hydrogen-bond acceptors (Lipinski definition) is 7. The summed E-state index contributed by atoms with van der Waals surface area (Å²) >= 11 is 0. The monoisotopic (exact) mass is 557 g/mol. The molecule has 1 saturated heterocycles. The van der Waals surface area contributed by atoms with Gasteiger partial charge >= 0.3 is 0 Å². The molecule has 2 aromatic heterocycles. The molecule has 3 aromatic rings. The van der Waals surface area contributed by atoms with Crippen LogP contribution in [-0.2, 0) is 14.6 Å². The second-order valence-electron chi connectivity index (χ2n) is 10.6. The minimum atomic E-state index is -3.01. The molecule has 3 heterocycles. The summed E-state index contributed by atoms with van der Waals surface area (Å²) in [5.74, 6) is 2.25. The number of piperidine rings is 1. The number of halogens is 1. The molecule has 11 heteroatoms. The van der Waals surface area contributed by atoms with Crippen molar-refractivity contribution >= 4 is 32.6 Å². The number of sulfone groups is 1. The highest BCUT2D eigenvalue weighted by molar-refractivity contribution is 7.90. The van der Waals surface area contributed by atoms with Gasteiger partial charge in [-0.05, 0) is 69.2 Å². The van der Waals surface area contributed by atoms with Crippen molar-refractivity contribution in [1.29, 1.82) is 0 Å². The van der Waals surface area contributed by atoms with Crippen LogP contribution in [0.1, 0.15) is 44.9 Å². The van der Waals surface area contributed by atoms with Gasteiger partial charge in [0.05, 0.1) is 17.9 Å². The van der Waals surface area contributed by atoms with Crippen molar-refractivity contribution in [2.45, 2.75) is 57.2 Å².